The molecule has 0 aromatic heterocycles. The van der Waals surface area contributed by atoms with Crippen molar-refractivity contribution in [2.45, 2.75) is 71.6 Å². The second-order valence-electron chi connectivity index (χ2n) is 6.56. The van der Waals surface area contributed by atoms with Crippen molar-refractivity contribution < 1.29 is 4.74 Å². The Morgan fingerprint density at radius 2 is 1.39 bits per heavy atom. The Kier molecular flexibility index (Phi) is 8.00. The van der Waals surface area contributed by atoms with Crippen LogP contribution in [0.25, 0.3) is 10.8 Å². The molecule has 2 rings (SSSR count). The van der Waals surface area contributed by atoms with Gasteiger partial charge in [0.2, 0.25) is 0 Å². The Hall–Kier alpha value is -1.50. The van der Waals surface area contributed by atoms with Crippen LogP contribution in [0.4, 0.5) is 0 Å². The average molecular weight is 312 g/mol. The van der Waals surface area contributed by atoms with E-state index in [1.807, 2.05) is 0 Å². The first-order valence-electron chi connectivity index (χ1n) is 9.49. The molecule has 0 saturated carbocycles. The molecule has 0 bridgehead atoms. The Balaban J connectivity index is 1.85. The largest absolute Gasteiger partial charge is 0.494 e. The second kappa shape index (κ2) is 10.3. The van der Waals surface area contributed by atoms with Gasteiger partial charge in [0.25, 0.3) is 0 Å². The lowest BCUT2D eigenvalue weighted by molar-refractivity contribution is 0.310. The number of ether oxygens (including phenoxy) is 1. The lowest BCUT2D eigenvalue weighted by Gasteiger charge is -2.08. The molecule has 23 heavy (non-hydrogen) atoms. The van der Waals surface area contributed by atoms with Crippen LogP contribution < -0.4 is 4.74 Å². The first kappa shape index (κ1) is 17.8. The van der Waals surface area contributed by atoms with Crippen molar-refractivity contribution in [3.05, 3.63) is 42.0 Å². The van der Waals surface area contributed by atoms with E-state index in [1.165, 1.54) is 67.7 Å². The Labute approximate surface area is 142 Å². The first-order valence-corrected chi connectivity index (χ1v) is 9.49. The molecule has 0 radical (unpaired) electrons. The summed E-state index contributed by atoms with van der Waals surface area (Å²) >= 11 is 0. The highest BCUT2D eigenvalue weighted by molar-refractivity contribution is 5.84. The molecule has 126 valence electrons. The normalized spacial score (nSPS) is 11.0. The number of benzene rings is 2. The lowest BCUT2D eigenvalue weighted by Crippen LogP contribution is -1.96. The van der Waals surface area contributed by atoms with Gasteiger partial charge in [0.1, 0.15) is 5.75 Å². The van der Waals surface area contributed by atoms with E-state index in [9.17, 15) is 0 Å². The molecular weight excluding hydrogens is 280 g/mol. The van der Waals surface area contributed by atoms with E-state index >= 15 is 0 Å². The van der Waals surface area contributed by atoms with Gasteiger partial charge in [-0.15, -0.1) is 0 Å². The minimum absolute atomic E-state index is 0.818. The molecule has 0 atom stereocenters. The van der Waals surface area contributed by atoms with Crippen molar-refractivity contribution in [1.82, 2.24) is 0 Å². The smallest absolute Gasteiger partial charge is 0.119 e. The van der Waals surface area contributed by atoms with E-state index < -0.39 is 0 Å². The van der Waals surface area contributed by atoms with Gasteiger partial charge in [-0.3, -0.25) is 0 Å². The van der Waals surface area contributed by atoms with Crippen LogP contribution in [0.1, 0.15) is 70.8 Å². The van der Waals surface area contributed by atoms with E-state index in [4.69, 9.17) is 4.74 Å². The molecule has 0 fully saturated rings. The summed E-state index contributed by atoms with van der Waals surface area (Å²) in [6.07, 6.45) is 11.7. The van der Waals surface area contributed by atoms with E-state index in [0.717, 1.165) is 18.8 Å². The average Bonchev–Trinajstić information content (AvgIpc) is 2.58. The van der Waals surface area contributed by atoms with Crippen LogP contribution in [-0.4, -0.2) is 6.61 Å². The first-order chi connectivity index (χ1) is 11.3. The number of rotatable bonds is 11. The zero-order valence-electron chi connectivity index (χ0n) is 14.9. The molecule has 0 amide bonds. The van der Waals surface area contributed by atoms with Gasteiger partial charge in [0.05, 0.1) is 6.61 Å². The maximum Gasteiger partial charge on any atom is 0.119 e. The highest BCUT2D eigenvalue weighted by Gasteiger charge is 2.00. The van der Waals surface area contributed by atoms with Crippen LogP contribution in [-0.2, 0) is 6.42 Å². The fourth-order valence-electron chi connectivity index (χ4n) is 2.96. The number of aryl methyl sites for hydroxylation is 1. The third kappa shape index (κ3) is 6.25. The molecule has 0 spiro atoms. The Morgan fingerprint density at radius 3 is 2.22 bits per heavy atom. The third-order valence-corrected chi connectivity index (χ3v) is 4.46. The molecule has 2 aromatic rings. The minimum atomic E-state index is 0.818. The second-order valence-corrected chi connectivity index (χ2v) is 6.56. The summed E-state index contributed by atoms with van der Waals surface area (Å²) in [5.74, 6) is 0.995. The van der Waals surface area contributed by atoms with Crippen LogP contribution in [0.15, 0.2) is 36.4 Å². The van der Waals surface area contributed by atoms with Gasteiger partial charge in [0, 0.05) is 0 Å². The Bertz CT molecular complexity index is 573. The van der Waals surface area contributed by atoms with Crippen molar-refractivity contribution in [2.24, 2.45) is 0 Å². The predicted octanol–water partition coefficient (Wildman–Crippen LogP) is 6.92. The van der Waals surface area contributed by atoms with Crippen molar-refractivity contribution in [3.63, 3.8) is 0 Å². The third-order valence-electron chi connectivity index (χ3n) is 4.46. The van der Waals surface area contributed by atoms with Crippen LogP contribution in [0.2, 0.25) is 0 Å². The fourth-order valence-corrected chi connectivity index (χ4v) is 2.96. The van der Waals surface area contributed by atoms with Gasteiger partial charge in [0.15, 0.2) is 0 Å². The van der Waals surface area contributed by atoms with Crippen molar-refractivity contribution in [2.75, 3.05) is 6.61 Å². The predicted molar refractivity (Wildman–Crippen MR) is 101 cm³/mol. The zero-order valence-corrected chi connectivity index (χ0v) is 14.9. The minimum Gasteiger partial charge on any atom is -0.494 e. The van der Waals surface area contributed by atoms with E-state index in [-0.39, 0.29) is 0 Å². The molecule has 0 aliphatic heterocycles. The summed E-state index contributed by atoms with van der Waals surface area (Å²) in [6, 6.07) is 13.3. The van der Waals surface area contributed by atoms with Crippen molar-refractivity contribution in [3.8, 4) is 5.75 Å². The van der Waals surface area contributed by atoms with Gasteiger partial charge in [-0.05, 0) is 47.7 Å². The Morgan fingerprint density at radius 1 is 0.696 bits per heavy atom. The van der Waals surface area contributed by atoms with Gasteiger partial charge >= 0.3 is 0 Å². The summed E-state index contributed by atoms with van der Waals surface area (Å²) in [5, 5.41) is 2.61. The summed E-state index contributed by atoms with van der Waals surface area (Å²) in [6.45, 7) is 5.28. The number of hydrogen-bond donors (Lipinski definition) is 0. The molecule has 0 aliphatic carbocycles. The van der Waals surface area contributed by atoms with Crippen LogP contribution in [0, 0.1) is 0 Å². The van der Waals surface area contributed by atoms with Crippen molar-refractivity contribution >= 4 is 10.8 Å². The SMILES string of the molecule is CCCCCCCCc1ccc2cc(OCCCC)ccc2c1. The van der Waals surface area contributed by atoms with Gasteiger partial charge in [-0.1, -0.05) is 76.6 Å². The highest BCUT2D eigenvalue weighted by Crippen LogP contribution is 2.23. The topological polar surface area (TPSA) is 9.23 Å². The monoisotopic (exact) mass is 312 g/mol. The van der Waals surface area contributed by atoms with E-state index in [0.29, 0.717) is 0 Å². The molecule has 1 heteroatoms. The number of unbranched alkanes of at least 4 members (excludes halogenated alkanes) is 6. The summed E-state index contributed by atoms with van der Waals surface area (Å²) < 4.78 is 5.80. The van der Waals surface area contributed by atoms with Crippen LogP contribution in [0.5, 0.6) is 5.75 Å². The molecule has 1 nitrogen and oxygen atoms in total. The highest BCUT2D eigenvalue weighted by atomic mass is 16.5. The van der Waals surface area contributed by atoms with Gasteiger partial charge in [-0.2, -0.15) is 0 Å². The molecule has 0 heterocycles. The molecular formula is C22H32O. The van der Waals surface area contributed by atoms with Crippen LogP contribution >= 0.6 is 0 Å². The van der Waals surface area contributed by atoms with Crippen molar-refractivity contribution in [1.29, 1.82) is 0 Å². The zero-order chi connectivity index (χ0) is 16.3. The molecule has 0 aliphatic rings. The molecule has 0 N–H and O–H groups in total. The lowest BCUT2D eigenvalue weighted by atomic mass is 10.0. The maximum atomic E-state index is 5.80. The van der Waals surface area contributed by atoms with E-state index in [1.54, 1.807) is 0 Å². The molecule has 0 unspecified atom stereocenters. The quantitative estimate of drug-likeness (QED) is 0.409. The summed E-state index contributed by atoms with van der Waals surface area (Å²) in [4.78, 5) is 0. The fraction of sp³-hybridized carbons (Fsp3) is 0.545. The van der Waals surface area contributed by atoms with Crippen LogP contribution in [0.3, 0.4) is 0 Å². The van der Waals surface area contributed by atoms with Gasteiger partial charge in [-0.25, -0.2) is 0 Å². The summed E-state index contributed by atoms with van der Waals surface area (Å²) in [7, 11) is 0. The van der Waals surface area contributed by atoms with Gasteiger partial charge < -0.3 is 4.74 Å². The van der Waals surface area contributed by atoms with E-state index in [2.05, 4.69) is 50.2 Å². The number of hydrogen-bond acceptors (Lipinski definition) is 1. The molecule has 2 aromatic carbocycles. The number of fused-ring (bicyclic) bond motifs is 1. The standard InChI is InChI=1S/C22H32O/c1-3-5-7-8-9-10-11-19-12-13-21-18-22(23-16-6-4-2)15-14-20(21)17-19/h12-15,17-18H,3-11,16H2,1-2H3. The summed E-state index contributed by atoms with van der Waals surface area (Å²) in [5.41, 5.74) is 1.47. The maximum absolute atomic E-state index is 5.80. The molecule has 0 saturated heterocycles.